The van der Waals surface area contributed by atoms with E-state index < -0.39 is 11.9 Å². The van der Waals surface area contributed by atoms with Gasteiger partial charge in [0.15, 0.2) is 0 Å². The lowest BCUT2D eigenvalue weighted by Gasteiger charge is -2.02. The van der Waals surface area contributed by atoms with E-state index in [4.69, 9.17) is 9.47 Å². The summed E-state index contributed by atoms with van der Waals surface area (Å²) in [5.74, 6) is -1.02. The minimum absolute atomic E-state index is 0.235. The molecule has 0 fully saturated rings. The van der Waals surface area contributed by atoms with Gasteiger partial charge in [0, 0.05) is 5.56 Å². The van der Waals surface area contributed by atoms with E-state index in [-0.39, 0.29) is 24.3 Å². The van der Waals surface area contributed by atoms with Crippen LogP contribution < -0.4 is 0 Å². The van der Waals surface area contributed by atoms with Crippen LogP contribution >= 0.6 is 0 Å². The third kappa shape index (κ3) is 2.98. The molecule has 0 aromatic heterocycles. The monoisotopic (exact) mass is 300 g/mol. The number of hydrogen-bond donors (Lipinski definition) is 0. The van der Waals surface area contributed by atoms with Gasteiger partial charge in [-0.2, -0.15) is 0 Å². The van der Waals surface area contributed by atoms with Crippen molar-refractivity contribution in [1.29, 1.82) is 0 Å². The van der Waals surface area contributed by atoms with Crippen molar-refractivity contribution in [2.24, 2.45) is 0 Å². The number of fused-ring (bicyclic) bond motifs is 1. The summed E-state index contributed by atoms with van der Waals surface area (Å²) in [6.45, 7) is 3.89. The SMILES string of the molecule is CCOC(=O)c1cc(C(=O)OCC)c2ccc(C=O)ccc1-2. The third-order valence-electron chi connectivity index (χ3n) is 3.17. The summed E-state index contributed by atoms with van der Waals surface area (Å²) >= 11 is 0. The Hall–Kier alpha value is -2.69. The summed E-state index contributed by atoms with van der Waals surface area (Å²) < 4.78 is 10.0. The number of esters is 2. The molecule has 0 aromatic carbocycles. The molecule has 0 saturated heterocycles. The van der Waals surface area contributed by atoms with Gasteiger partial charge in [0.25, 0.3) is 0 Å². The van der Waals surface area contributed by atoms with Crippen molar-refractivity contribution >= 4 is 18.2 Å². The Morgan fingerprint density at radius 3 is 1.73 bits per heavy atom. The first-order valence-electron chi connectivity index (χ1n) is 6.98. The third-order valence-corrected chi connectivity index (χ3v) is 3.17. The van der Waals surface area contributed by atoms with Crippen LogP contribution in [0.2, 0.25) is 0 Å². The molecule has 0 heterocycles. The summed E-state index contributed by atoms with van der Waals surface area (Å²) in [6, 6.07) is 7.92. The van der Waals surface area contributed by atoms with E-state index in [9.17, 15) is 14.4 Å². The predicted octanol–water partition coefficient (Wildman–Crippen LogP) is 2.96. The Kier molecular flexibility index (Phi) is 4.88. The Morgan fingerprint density at radius 1 is 0.909 bits per heavy atom. The topological polar surface area (TPSA) is 69.7 Å². The molecule has 0 spiro atoms. The van der Waals surface area contributed by atoms with Gasteiger partial charge in [-0.15, -0.1) is 0 Å². The van der Waals surface area contributed by atoms with Crippen molar-refractivity contribution in [2.75, 3.05) is 13.2 Å². The van der Waals surface area contributed by atoms with Crippen LogP contribution in [0.1, 0.15) is 44.9 Å². The molecule has 114 valence electrons. The molecular formula is C17H16O5. The van der Waals surface area contributed by atoms with Crippen LogP contribution in [-0.2, 0) is 9.47 Å². The lowest BCUT2D eigenvalue weighted by molar-refractivity contribution is 0.0525. The highest BCUT2D eigenvalue weighted by molar-refractivity contribution is 6.08. The average Bonchev–Trinajstić information content (AvgIpc) is 2.74. The van der Waals surface area contributed by atoms with Crippen molar-refractivity contribution in [3.63, 3.8) is 0 Å². The molecule has 0 unspecified atom stereocenters. The van der Waals surface area contributed by atoms with Crippen molar-refractivity contribution < 1.29 is 23.9 Å². The van der Waals surface area contributed by atoms with Crippen LogP contribution in [0.3, 0.4) is 0 Å². The molecule has 0 aromatic rings. The van der Waals surface area contributed by atoms with Crippen molar-refractivity contribution in [1.82, 2.24) is 0 Å². The highest BCUT2D eigenvalue weighted by atomic mass is 16.5. The summed E-state index contributed by atoms with van der Waals surface area (Å²) in [5, 5.41) is 0. The van der Waals surface area contributed by atoms with E-state index in [2.05, 4.69) is 0 Å². The Morgan fingerprint density at radius 2 is 1.36 bits per heavy atom. The van der Waals surface area contributed by atoms with Gasteiger partial charge in [0.1, 0.15) is 6.29 Å². The van der Waals surface area contributed by atoms with Crippen molar-refractivity contribution in [2.45, 2.75) is 13.8 Å². The highest BCUT2D eigenvalue weighted by Gasteiger charge is 2.25. The summed E-state index contributed by atoms with van der Waals surface area (Å²) in [6.07, 6.45) is 0.701. The standard InChI is InChI=1S/C17H16O5/c1-3-21-16(19)14-9-15(17(20)22-4-2)13-8-6-11(10-18)5-7-12(13)14/h5-10H,3-4H2,1-2H3. The van der Waals surface area contributed by atoms with E-state index in [1.807, 2.05) is 0 Å². The van der Waals surface area contributed by atoms with E-state index in [0.29, 0.717) is 23.0 Å². The molecule has 0 atom stereocenters. The maximum atomic E-state index is 12.1. The molecule has 2 rings (SSSR count). The van der Waals surface area contributed by atoms with Crippen LogP contribution in [-0.4, -0.2) is 31.4 Å². The quantitative estimate of drug-likeness (QED) is 0.627. The first kappa shape index (κ1) is 15.7. The summed E-state index contributed by atoms with van der Waals surface area (Å²) in [5.41, 5.74) is 2.12. The molecule has 0 N–H and O–H groups in total. The Labute approximate surface area is 128 Å². The molecule has 0 aliphatic heterocycles. The molecule has 22 heavy (non-hydrogen) atoms. The molecule has 5 nitrogen and oxygen atoms in total. The number of carbonyl (C=O) groups is 3. The normalized spacial score (nSPS) is 10.3. The fraction of sp³-hybridized carbons (Fsp3) is 0.235. The molecular weight excluding hydrogens is 284 g/mol. The highest BCUT2D eigenvalue weighted by Crippen LogP contribution is 2.33. The van der Waals surface area contributed by atoms with E-state index in [1.54, 1.807) is 38.1 Å². The number of hydrogen-bond acceptors (Lipinski definition) is 5. The van der Waals surface area contributed by atoms with Gasteiger partial charge in [-0.25, -0.2) is 9.59 Å². The molecule has 0 radical (unpaired) electrons. The van der Waals surface area contributed by atoms with Gasteiger partial charge in [-0.05, 0) is 31.0 Å². The van der Waals surface area contributed by atoms with Crippen LogP contribution in [0, 0.1) is 0 Å². The molecule has 2 aliphatic rings. The second-order valence-electron chi connectivity index (χ2n) is 4.52. The first-order chi connectivity index (χ1) is 10.6. The van der Waals surface area contributed by atoms with Crippen LogP contribution in [0.25, 0.3) is 11.1 Å². The second kappa shape index (κ2) is 6.85. The Balaban J connectivity index is 2.63. The van der Waals surface area contributed by atoms with Crippen molar-refractivity contribution in [3.8, 4) is 11.1 Å². The summed E-state index contributed by atoms with van der Waals surface area (Å²) in [4.78, 5) is 35.0. The van der Waals surface area contributed by atoms with Crippen LogP contribution in [0.5, 0.6) is 0 Å². The van der Waals surface area contributed by atoms with E-state index in [0.717, 1.165) is 0 Å². The van der Waals surface area contributed by atoms with Gasteiger partial charge < -0.3 is 9.47 Å². The largest absolute Gasteiger partial charge is 0.462 e. The summed E-state index contributed by atoms with van der Waals surface area (Å²) in [7, 11) is 0. The van der Waals surface area contributed by atoms with E-state index >= 15 is 0 Å². The minimum Gasteiger partial charge on any atom is -0.462 e. The maximum Gasteiger partial charge on any atom is 0.338 e. The van der Waals surface area contributed by atoms with Crippen molar-refractivity contribution in [3.05, 3.63) is 47.0 Å². The predicted molar refractivity (Wildman–Crippen MR) is 80.4 cm³/mol. The molecule has 5 heteroatoms. The first-order valence-corrected chi connectivity index (χ1v) is 6.98. The van der Waals surface area contributed by atoms with Crippen LogP contribution in [0.4, 0.5) is 0 Å². The lowest BCUT2D eigenvalue weighted by Crippen LogP contribution is -2.05. The maximum absolute atomic E-state index is 12.1. The fourth-order valence-electron chi connectivity index (χ4n) is 2.20. The lowest BCUT2D eigenvalue weighted by atomic mass is 10.1. The minimum atomic E-state index is -0.512. The Bertz CT molecular complexity index is 637. The van der Waals surface area contributed by atoms with Gasteiger partial charge in [0.05, 0.1) is 24.3 Å². The van der Waals surface area contributed by atoms with Gasteiger partial charge in [0.2, 0.25) is 0 Å². The van der Waals surface area contributed by atoms with Gasteiger partial charge in [-0.3, -0.25) is 4.79 Å². The fourth-order valence-corrected chi connectivity index (χ4v) is 2.20. The number of ether oxygens (including phenoxy) is 2. The van der Waals surface area contributed by atoms with Crippen LogP contribution in [0.15, 0.2) is 30.3 Å². The molecule has 0 amide bonds. The molecule has 0 bridgehead atoms. The zero-order valence-corrected chi connectivity index (χ0v) is 12.4. The zero-order chi connectivity index (χ0) is 16.1. The smallest absolute Gasteiger partial charge is 0.338 e. The van der Waals surface area contributed by atoms with E-state index in [1.165, 1.54) is 6.07 Å². The zero-order valence-electron chi connectivity index (χ0n) is 12.4. The number of rotatable bonds is 5. The number of aldehydes is 1. The molecule has 0 saturated carbocycles. The number of carbonyl (C=O) groups excluding carboxylic acids is 3. The second-order valence-corrected chi connectivity index (χ2v) is 4.52. The van der Waals surface area contributed by atoms with Gasteiger partial charge >= 0.3 is 11.9 Å². The van der Waals surface area contributed by atoms with Gasteiger partial charge in [-0.1, -0.05) is 24.3 Å². The average molecular weight is 300 g/mol. The molecule has 2 aliphatic carbocycles.